The molecule has 11 heteroatoms. The summed E-state index contributed by atoms with van der Waals surface area (Å²) >= 11 is 0. The van der Waals surface area contributed by atoms with Crippen LogP contribution in [0.2, 0.25) is 0 Å². The number of nitriles is 1. The van der Waals surface area contributed by atoms with E-state index in [1.54, 1.807) is 19.2 Å². The summed E-state index contributed by atoms with van der Waals surface area (Å²) in [6.07, 6.45) is 0.567. The highest BCUT2D eigenvalue weighted by atomic mass is 32.2. The molecule has 30 heavy (non-hydrogen) atoms. The molecule has 156 valence electrons. The molecule has 1 unspecified atom stereocenters. The molecule has 0 radical (unpaired) electrons. The Morgan fingerprint density at radius 1 is 1.40 bits per heavy atom. The third kappa shape index (κ3) is 4.73. The number of benzene rings is 2. The zero-order valence-corrected chi connectivity index (χ0v) is 16.7. The van der Waals surface area contributed by atoms with Gasteiger partial charge in [0.15, 0.2) is 6.19 Å². The number of hydrogen-bond donors (Lipinski definition) is 2. The highest BCUT2D eigenvalue weighted by molar-refractivity contribution is 7.89. The molecule has 1 amide bonds. The molecule has 1 fully saturated rings. The second-order valence-electron chi connectivity index (χ2n) is 6.52. The number of halogens is 1. The van der Waals surface area contributed by atoms with E-state index in [2.05, 4.69) is 10.3 Å². The summed E-state index contributed by atoms with van der Waals surface area (Å²) in [5.74, 6) is -0.244. The SMILES string of the molecule is CC(=NCC1CN(c2ccc(-c3cccc(S(N)(=O)=O)c3)c(F)c2)C(=O)O1)NC#N. The summed E-state index contributed by atoms with van der Waals surface area (Å²) < 4.78 is 43.0. The number of nitrogens with two attached hydrogens (primary N) is 1. The van der Waals surface area contributed by atoms with Crippen molar-refractivity contribution in [3.05, 3.63) is 48.3 Å². The lowest BCUT2D eigenvalue weighted by molar-refractivity contribution is 0.145. The molecule has 1 aliphatic rings. The number of ether oxygens (including phenoxy) is 1. The van der Waals surface area contributed by atoms with E-state index in [-0.39, 0.29) is 23.5 Å². The van der Waals surface area contributed by atoms with Crippen molar-refractivity contribution in [2.45, 2.75) is 17.9 Å². The van der Waals surface area contributed by atoms with Crippen LogP contribution in [0.25, 0.3) is 11.1 Å². The third-order valence-electron chi connectivity index (χ3n) is 4.38. The van der Waals surface area contributed by atoms with Crippen LogP contribution in [0.3, 0.4) is 0 Å². The number of carbonyl (C=O) groups is 1. The standard InChI is InChI=1S/C19H18FN5O4S/c1-12(24-11-21)23-9-15-10-25(19(26)29-15)14-5-6-17(18(20)8-14)13-3-2-4-16(7-13)30(22,27)28/h2-8,15H,9-10H2,1H3,(H,23,24)(H2,22,27,28). The van der Waals surface area contributed by atoms with E-state index in [9.17, 15) is 17.6 Å². The number of nitrogens with zero attached hydrogens (tertiary/aromatic N) is 3. The second kappa shape index (κ2) is 8.48. The molecule has 0 bridgehead atoms. The van der Waals surface area contributed by atoms with Crippen LogP contribution in [-0.4, -0.2) is 39.5 Å². The van der Waals surface area contributed by atoms with Crippen molar-refractivity contribution in [3.63, 3.8) is 0 Å². The van der Waals surface area contributed by atoms with E-state index in [0.29, 0.717) is 17.1 Å². The van der Waals surface area contributed by atoms with Crippen molar-refractivity contribution in [1.82, 2.24) is 5.32 Å². The lowest BCUT2D eigenvalue weighted by Gasteiger charge is -2.14. The number of primary sulfonamides is 1. The van der Waals surface area contributed by atoms with Crippen molar-refractivity contribution >= 4 is 27.6 Å². The maximum atomic E-state index is 14.8. The van der Waals surface area contributed by atoms with Gasteiger partial charge in [-0.2, -0.15) is 5.26 Å². The van der Waals surface area contributed by atoms with Gasteiger partial charge in [0, 0.05) is 5.56 Å². The first-order valence-electron chi connectivity index (χ1n) is 8.76. The lowest BCUT2D eigenvalue weighted by Crippen LogP contribution is -2.25. The van der Waals surface area contributed by atoms with Crippen molar-refractivity contribution in [1.29, 1.82) is 5.26 Å². The average molecular weight is 431 g/mol. The Morgan fingerprint density at radius 2 is 2.17 bits per heavy atom. The van der Waals surface area contributed by atoms with Crippen LogP contribution in [0.4, 0.5) is 14.9 Å². The molecule has 0 saturated carbocycles. The van der Waals surface area contributed by atoms with Gasteiger partial charge in [-0.05, 0) is 42.8 Å². The number of amidine groups is 1. The predicted octanol–water partition coefficient (Wildman–Crippen LogP) is 1.95. The van der Waals surface area contributed by atoms with Crippen molar-refractivity contribution in [2.75, 3.05) is 18.0 Å². The van der Waals surface area contributed by atoms with Crippen molar-refractivity contribution in [2.24, 2.45) is 10.1 Å². The molecule has 0 spiro atoms. The van der Waals surface area contributed by atoms with Crippen molar-refractivity contribution < 1.29 is 22.3 Å². The molecular weight excluding hydrogens is 413 g/mol. The van der Waals surface area contributed by atoms with Crippen LogP contribution >= 0.6 is 0 Å². The van der Waals surface area contributed by atoms with E-state index in [1.165, 1.54) is 41.3 Å². The Bertz CT molecular complexity index is 1160. The average Bonchev–Trinajstić information content (AvgIpc) is 3.06. The maximum Gasteiger partial charge on any atom is 0.414 e. The minimum Gasteiger partial charge on any atom is -0.442 e. The van der Waals surface area contributed by atoms with Gasteiger partial charge in [-0.1, -0.05) is 12.1 Å². The van der Waals surface area contributed by atoms with Gasteiger partial charge >= 0.3 is 6.09 Å². The van der Waals surface area contributed by atoms with Gasteiger partial charge in [-0.3, -0.25) is 15.2 Å². The van der Waals surface area contributed by atoms with E-state index >= 15 is 0 Å². The number of hydrogen-bond acceptors (Lipinski definition) is 6. The van der Waals surface area contributed by atoms with E-state index < -0.39 is 28.0 Å². The van der Waals surface area contributed by atoms with Gasteiger partial charge in [-0.15, -0.1) is 0 Å². The molecule has 9 nitrogen and oxygen atoms in total. The van der Waals surface area contributed by atoms with Gasteiger partial charge < -0.3 is 4.74 Å². The van der Waals surface area contributed by atoms with Crippen LogP contribution in [0.5, 0.6) is 0 Å². The van der Waals surface area contributed by atoms with Gasteiger partial charge in [0.2, 0.25) is 10.0 Å². The number of anilines is 1. The van der Waals surface area contributed by atoms with Crippen LogP contribution in [0, 0.1) is 17.3 Å². The van der Waals surface area contributed by atoms with Gasteiger partial charge in [0.25, 0.3) is 0 Å². The molecule has 3 N–H and O–H groups in total. The minimum atomic E-state index is -3.92. The molecule has 2 aromatic carbocycles. The van der Waals surface area contributed by atoms with Crippen molar-refractivity contribution in [3.8, 4) is 17.3 Å². The molecule has 1 saturated heterocycles. The Balaban J connectivity index is 1.80. The molecule has 1 aliphatic heterocycles. The summed E-state index contributed by atoms with van der Waals surface area (Å²) in [6, 6.07) is 9.79. The molecule has 1 heterocycles. The predicted molar refractivity (Wildman–Crippen MR) is 108 cm³/mol. The van der Waals surface area contributed by atoms with Gasteiger partial charge in [-0.25, -0.2) is 22.7 Å². The van der Waals surface area contributed by atoms with Crippen LogP contribution in [0.1, 0.15) is 6.92 Å². The van der Waals surface area contributed by atoms with E-state index in [4.69, 9.17) is 15.1 Å². The molecule has 3 rings (SSSR count). The number of amides is 1. The number of aliphatic imine (C=N–C) groups is 1. The number of cyclic esters (lactones) is 1. The molecule has 1 atom stereocenters. The fourth-order valence-electron chi connectivity index (χ4n) is 2.93. The summed E-state index contributed by atoms with van der Waals surface area (Å²) in [6.45, 7) is 1.93. The second-order valence-corrected chi connectivity index (χ2v) is 8.08. The largest absolute Gasteiger partial charge is 0.442 e. The molecule has 0 aliphatic carbocycles. The number of sulfonamides is 1. The third-order valence-corrected chi connectivity index (χ3v) is 5.29. The minimum absolute atomic E-state index is 0.129. The highest BCUT2D eigenvalue weighted by Gasteiger charge is 2.32. The summed E-state index contributed by atoms with van der Waals surface area (Å²) in [4.78, 5) is 17.4. The van der Waals surface area contributed by atoms with E-state index in [0.717, 1.165) is 0 Å². The summed E-state index contributed by atoms with van der Waals surface area (Å²) in [7, 11) is -3.92. The summed E-state index contributed by atoms with van der Waals surface area (Å²) in [5.41, 5.74) is 0.792. The Morgan fingerprint density at radius 3 is 2.83 bits per heavy atom. The smallest absolute Gasteiger partial charge is 0.414 e. The zero-order chi connectivity index (χ0) is 21.9. The molecule has 2 aromatic rings. The first kappa shape index (κ1) is 21.2. The fourth-order valence-corrected chi connectivity index (χ4v) is 3.49. The highest BCUT2D eigenvalue weighted by Crippen LogP contribution is 2.30. The molecule has 0 aromatic heterocycles. The monoisotopic (exact) mass is 431 g/mol. The first-order valence-corrected chi connectivity index (χ1v) is 10.3. The van der Waals surface area contributed by atoms with Crippen LogP contribution in [0.15, 0.2) is 52.4 Å². The topological polar surface area (TPSA) is 138 Å². The van der Waals surface area contributed by atoms with Gasteiger partial charge in [0.1, 0.15) is 17.8 Å². The zero-order valence-electron chi connectivity index (χ0n) is 15.9. The quantitative estimate of drug-likeness (QED) is 0.321. The van der Waals surface area contributed by atoms with Crippen LogP contribution in [-0.2, 0) is 14.8 Å². The van der Waals surface area contributed by atoms with E-state index in [1.807, 2.05) is 0 Å². The first-order chi connectivity index (χ1) is 14.2. The number of carbonyl (C=O) groups excluding carboxylic acids is 1. The number of rotatable bonds is 5. The molecular formula is C19H18FN5O4S. The van der Waals surface area contributed by atoms with Crippen LogP contribution < -0.4 is 15.4 Å². The lowest BCUT2D eigenvalue weighted by atomic mass is 10.0. The maximum absolute atomic E-state index is 14.8. The summed E-state index contributed by atoms with van der Waals surface area (Å²) in [5, 5.41) is 16.0. The normalized spacial score (nSPS) is 16.9. The number of nitrogens with one attached hydrogen (secondary N) is 1. The Kier molecular flexibility index (Phi) is 6.00. The Hall–Kier alpha value is -3.49. The van der Waals surface area contributed by atoms with Gasteiger partial charge in [0.05, 0.1) is 23.7 Å². The fraction of sp³-hybridized carbons (Fsp3) is 0.211. The Labute approximate surface area is 172 Å².